The van der Waals surface area contributed by atoms with Gasteiger partial charge in [0.2, 0.25) is 11.8 Å². The van der Waals surface area contributed by atoms with Crippen molar-refractivity contribution < 1.29 is 9.59 Å². The van der Waals surface area contributed by atoms with E-state index in [0.29, 0.717) is 5.69 Å². The number of rotatable bonds is 9. The van der Waals surface area contributed by atoms with Crippen molar-refractivity contribution in [2.24, 2.45) is 23.7 Å². The van der Waals surface area contributed by atoms with E-state index in [4.69, 9.17) is 4.98 Å². The third-order valence-electron chi connectivity index (χ3n) is 6.80. The molecular formula is C24H28N2O2S2. The molecule has 2 aliphatic carbocycles. The summed E-state index contributed by atoms with van der Waals surface area (Å²) in [6.07, 6.45) is 13.1. The minimum absolute atomic E-state index is 0.0108. The van der Waals surface area contributed by atoms with Gasteiger partial charge in [0.05, 0.1) is 27.7 Å². The largest absolute Gasteiger partial charge is 0.274 e. The minimum atomic E-state index is -0.145. The molecule has 0 spiro atoms. The number of aromatic nitrogens is 1. The Kier molecular flexibility index (Phi) is 5.71. The summed E-state index contributed by atoms with van der Waals surface area (Å²) in [5, 5.41) is 0. The van der Waals surface area contributed by atoms with E-state index in [9.17, 15) is 9.59 Å². The molecule has 158 valence electrons. The molecule has 0 N–H and O–H groups in total. The highest BCUT2D eigenvalue weighted by Gasteiger charge is 2.59. The molecule has 3 aliphatic rings. The SMILES string of the molecule is CCCCCCCCSc1nc2ccc(N3C(=O)[C@H]4[C@H](C3=O)[C@H]3C=C[C@@H]4C3)cc2s1. The lowest BCUT2D eigenvalue weighted by Gasteiger charge is -2.17. The average molecular weight is 441 g/mol. The molecule has 0 radical (unpaired) electrons. The maximum absolute atomic E-state index is 13.1. The number of amides is 2. The molecule has 2 heterocycles. The van der Waals surface area contributed by atoms with Crippen molar-refractivity contribution in [1.82, 2.24) is 4.98 Å². The van der Waals surface area contributed by atoms with Gasteiger partial charge in [-0.1, -0.05) is 62.9 Å². The number of unbranched alkanes of at least 4 members (excludes halogenated alkanes) is 5. The molecule has 4 nitrogen and oxygen atoms in total. The van der Waals surface area contributed by atoms with E-state index in [0.717, 1.165) is 26.7 Å². The summed E-state index contributed by atoms with van der Waals surface area (Å²) < 4.78 is 2.13. The van der Waals surface area contributed by atoms with Crippen LogP contribution in [0.5, 0.6) is 0 Å². The number of nitrogens with zero attached hydrogens (tertiary/aromatic N) is 2. The van der Waals surface area contributed by atoms with Crippen LogP contribution in [0, 0.1) is 23.7 Å². The molecule has 1 aromatic heterocycles. The number of imide groups is 1. The van der Waals surface area contributed by atoms with E-state index in [1.165, 1.54) is 43.4 Å². The van der Waals surface area contributed by atoms with Crippen molar-refractivity contribution >= 4 is 50.8 Å². The van der Waals surface area contributed by atoms with Crippen LogP contribution >= 0.6 is 23.1 Å². The predicted octanol–water partition coefficient (Wildman–Crippen LogP) is 6.06. The third-order valence-corrected chi connectivity index (χ3v) is 9.05. The third kappa shape index (κ3) is 3.52. The fourth-order valence-electron chi connectivity index (χ4n) is 5.29. The van der Waals surface area contributed by atoms with Crippen LogP contribution in [-0.2, 0) is 9.59 Å². The molecule has 2 fully saturated rings. The number of allylic oxidation sites excluding steroid dienone is 2. The minimum Gasteiger partial charge on any atom is -0.274 e. The highest BCUT2D eigenvalue weighted by atomic mass is 32.2. The number of anilines is 1. The predicted molar refractivity (Wildman–Crippen MR) is 124 cm³/mol. The second-order valence-electron chi connectivity index (χ2n) is 8.76. The van der Waals surface area contributed by atoms with E-state index < -0.39 is 0 Å². The standard InChI is InChI=1S/C24H28N2O2S2/c1-2-3-4-5-6-7-12-29-24-25-18-11-10-17(14-19(18)30-24)26-22(27)20-15-8-9-16(13-15)21(20)23(26)28/h8-11,14-16,20-21H,2-7,12-13H2,1H3/t15-,16+,20-,21-/m1/s1. The van der Waals surface area contributed by atoms with Gasteiger partial charge in [-0.3, -0.25) is 9.59 Å². The molecule has 1 saturated carbocycles. The number of thiazole rings is 1. The fourth-order valence-corrected chi connectivity index (χ4v) is 7.46. The summed E-state index contributed by atoms with van der Waals surface area (Å²) >= 11 is 3.49. The van der Waals surface area contributed by atoms with Crippen LogP contribution in [0.1, 0.15) is 51.9 Å². The van der Waals surface area contributed by atoms with Crippen molar-refractivity contribution in [2.45, 2.75) is 56.2 Å². The molecule has 2 bridgehead atoms. The van der Waals surface area contributed by atoms with Crippen LogP contribution in [0.2, 0.25) is 0 Å². The van der Waals surface area contributed by atoms with Gasteiger partial charge in [0.1, 0.15) is 0 Å². The second kappa shape index (κ2) is 8.46. The van der Waals surface area contributed by atoms with E-state index in [1.54, 1.807) is 11.3 Å². The zero-order valence-electron chi connectivity index (χ0n) is 17.4. The number of fused-ring (bicyclic) bond motifs is 6. The highest BCUT2D eigenvalue weighted by Crippen LogP contribution is 2.53. The lowest BCUT2D eigenvalue weighted by molar-refractivity contribution is -0.123. The Bertz CT molecular complexity index is 968. The van der Waals surface area contributed by atoms with E-state index in [-0.39, 0.29) is 35.5 Å². The number of hydrogen-bond donors (Lipinski definition) is 0. The van der Waals surface area contributed by atoms with Crippen molar-refractivity contribution in [3.8, 4) is 0 Å². The van der Waals surface area contributed by atoms with Gasteiger partial charge in [-0.25, -0.2) is 9.88 Å². The fraction of sp³-hybridized carbons (Fsp3) is 0.542. The number of thioether (sulfide) groups is 1. The smallest absolute Gasteiger partial charge is 0.238 e. The van der Waals surface area contributed by atoms with E-state index in [1.807, 2.05) is 30.0 Å². The van der Waals surface area contributed by atoms with Crippen molar-refractivity contribution in [3.63, 3.8) is 0 Å². The quantitative estimate of drug-likeness (QED) is 0.206. The Balaban J connectivity index is 1.25. The number of hydrogen-bond acceptors (Lipinski definition) is 5. The first-order chi connectivity index (χ1) is 14.7. The van der Waals surface area contributed by atoms with Gasteiger partial charge in [0, 0.05) is 5.75 Å². The summed E-state index contributed by atoms with van der Waals surface area (Å²) in [6.45, 7) is 2.25. The van der Waals surface area contributed by atoms with Crippen LogP contribution < -0.4 is 4.90 Å². The first-order valence-electron chi connectivity index (χ1n) is 11.3. The van der Waals surface area contributed by atoms with Crippen molar-refractivity contribution in [1.29, 1.82) is 0 Å². The molecule has 1 aliphatic heterocycles. The molecule has 2 aromatic rings. The Morgan fingerprint density at radius 2 is 1.73 bits per heavy atom. The number of benzene rings is 1. The monoisotopic (exact) mass is 440 g/mol. The summed E-state index contributed by atoms with van der Waals surface area (Å²) in [6, 6.07) is 5.82. The Labute approximate surface area is 186 Å². The van der Waals surface area contributed by atoms with Crippen LogP contribution in [-0.4, -0.2) is 22.6 Å². The molecule has 1 saturated heterocycles. The van der Waals surface area contributed by atoms with Crippen molar-refractivity contribution in [3.05, 3.63) is 30.4 Å². The molecule has 5 rings (SSSR count). The second-order valence-corrected chi connectivity index (χ2v) is 11.1. The molecule has 0 unspecified atom stereocenters. The van der Waals surface area contributed by atoms with Gasteiger partial charge in [0.25, 0.3) is 0 Å². The highest BCUT2D eigenvalue weighted by molar-refractivity contribution is 8.01. The topological polar surface area (TPSA) is 50.3 Å². The first-order valence-corrected chi connectivity index (χ1v) is 13.1. The van der Waals surface area contributed by atoms with Gasteiger partial charge in [-0.05, 0) is 42.9 Å². The average Bonchev–Trinajstić information content (AvgIpc) is 3.50. The molecule has 4 atom stereocenters. The summed E-state index contributed by atoms with van der Waals surface area (Å²) in [4.78, 5) is 32.3. The van der Waals surface area contributed by atoms with Gasteiger partial charge in [-0.15, -0.1) is 11.3 Å². The lowest BCUT2D eigenvalue weighted by atomic mass is 9.85. The maximum atomic E-state index is 13.1. The Hall–Kier alpha value is -1.66. The van der Waals surface area contributed by atoms with Crippen LogP contribution in [0.4, 0.5) is 5.69 Å². The normalized spacial score (nSPS) is 27.0. The number of carbonyl (C=O) groups is 2. The molecular weight excluding hydrogens is 412 g/mol. The Morgan fingerprint density at radius 3 is 2.47 bits per heavy atom. The molecule has 2 amide bonds. The summed E-state index contributed by atoms with van der Waals surface area (Å²) in [5.41, 5.74) is 1.66. The molecule has 1 aromatic carbocycles. The Morgan fingerprint density at radius 1 is 1.03 bits per heavy atom. The van der Waals surface area contributed by atoms with Crippen LogP contribution in [0.15, 0.2) is 34.7 Å². The number of carbonyl (C=O) groups excluding carboxylic acids is 2. The van der Waals surface area contributed by atoms with Gasteiger partial charge < -0.3 is 0 Å². The molecule has 6 heteroatoms. The van der Waals surface area contributed by atoms with Crippen LogP contribution in [0.3, 0.4) is 0 Å². The maximum Gasteiger partial charge on any atom is 0.238 e. The summed E-state index contributed by atoms with van der Waals surface area (Å²) in [5.74, 6) is 1.28. The molecule has 30 heavy (non-hydrogen) atoms. The zero-order chi connectivity index (χ0) is 20.7. The summed E-state index contributed by atoms with van der Waals surface area (Å²) in [7, 11) is 0. The van der Waals surface area contributed by atoms with Gasteiger partial charge >= 0.3 is 0 Å². The van der Waals surface area contributed by atoms with Crippen LogP contribution in [0.25, 0.3) is 10.2 Å². The van der Waals surface area contributed by atoms with E-state index in [2.05, 4.69) is 19.1 Å². The lowest BCUT2D eigenvalue weighted by Crippen LogP contribution is -2.32. The van der Waals surface area contributed by atoms with Crippen molar-refractivity contribution in [2.75, 3.05) is 10.7 Å². The van der Waals surface area contributed by atoms with Gasteiger partial charge in [0.15, 0.2) is 4.34 Å². The van der Waals surface area contributed by atoms with E-state index >= 15 is 0 Å². The van der Waals surface area contributed by atoms with Gasteiger partial charge in [-0.2, -0.15) is 0 Å². The first kappa shape index (κ1) is 20.3. The zero-order valence-corrected chi connectivity index (χ0v) is 19.0.